The quantitative estimate of drug-likeness (QED) is 0.677. The van der Waals surface area contributed by atoms with Crippen molar-refractivity contribution >= 4 is 35.3 Å². The number of halogens is 1. The van der Waals surface area contributed by atoms with Crippen LogP contribution in [0.5, 0.6) is 0 Å². The molecule has 5 atom stereocenters. The third-order valence-electron chi connectivity index (χ3n) is 5.87. The lowest BCUT2D eigenvalue weighted by molar-refractivity contribution is -0.130. The van der Waals surface area contributed by atoms with Crippen molar-refractivity contribution in [1.29, 1.82) is 0 Å². The molecule has 0 radical (unpaired) electrons. The number of nitrogens with one attached hydrogen (secondary N) is 3. The summed E-state index contributed by atoms with van der Waals surface area (Å²) < 4.78 is 0. The van der Waals surface area contributed by atoms with Crippen molar-refractivity contribution in [2.75, 3.05) is 23.3 Å². The number of hydrogen-bond acceptors (Lipinski definition) is 5. The molecule has 3 fully saturated rings. The number of anilines is 2. The Bertz CT molecular complexity index is 732. The van der Waals surface area contributed by atoms with E-state index in [0.717, 1.165) is 25.7 Å². The molecule has 3 aliphatic rings. The monoisotopic (exact) mass is 392 g/mol. The summed E-state index contributed by atoms with van der Waals surface area (Å²) in [6.07, 6.45) is 5.32. The summed E-state index contributed by atoms with van der Waals surface area (Å²) in [6.45, 7) is 3.16. The minimum absolute atomic E-state index is 0.0827. The molecule has 4 rings (SSSR count). The molecule has 4 unspecified atom stereocenters. The van der Waals surface area contributed by atoms with Crippen molar-refractivity contribution in [3.63, 3.8) is 0 Å². The number of alkyl halides is 1. The molecule has 1 saturated carbocycles. The topological polar surface area (TPSA) is 99.2 Å². The van der Waals surface area contributed by atoms with Gasteiger partial charge in [-0.2, -0.15) is 4.98 Å². The van der Waals surface area contributed by atoms with E-state index in [1.54, 1.807) is 17.2 Å². The summed E-state index contributed by atoms with van der Waals surface area (Å²) in [5.74, 6) is 1.33. The van der Waals surface area contributed by atoms with Crippen molar-refractivity contribution in [3.8, 4) is 0 Å². The van der Waals surface area contributed by atoms with Crippen LogP contribution in [-0.2, 0) is 4.79 Å². The van der Waals surface area contributed by atoms with Gasteiger partial charge in [-0.1, -0.05) is 0 Å². The Balaban J connectivity index is 1.43. The Morgan fingerprint density at radius 3 is 2.96 bits per heavy atom. The summed E-state index contributed by atoms with van der Waals surface area (Å²) in [5, 5.41) is 9.39. The molecule has 2 aliphatic heterocycles. The van der Waals surface area contributed by atoms with Crippen molar-refractivity contribution < 1.29 is 9.59 Å². The van der Waals surface area contributed by atoms with Gasteiger partial charge in [-0.25, -0.2) is 9.78 Å². The van der Waals surface area contributed by atoms with Crippen LogP contribution in [0.3, 0.4) is 0 Å². The van der Waals surface area contributed by atoms with Gasteiger partial charge in [0.05, 0.1) is 5.92 Å². The molecule has 3 heterocycles. The van der Waals surface area contributed by atoms with Gasteiger partial charge in [0.25, 0.3) is 0 Å². The van der Waals surface area contributed by atoms with Gasteiger partial charge in [0.1, 0.15) is 5.82 Å². The predicted octanol–water partition coefficient (Wildman–Crippen LogP) is 1.72. The van der Waals surface area contributed by atoms with Gasteiger partial charge in [0.15, 0.2) is 0 Å². The van der Waals surface area contributed by atoms with Crippen LogP contribution in [0.1, 0.15) is 32.6 Å². The summed E-state index contributed by atoms with van der Waals surface area (Å²) >= 11 is 6.34. The average molecular weight is 393 g/mol. The van der Waals surface area contributed by atoms with Crippen molar-refractivity contribution in [1.82, 2.24) is 20.6 Å². The lowest BCUT2D eigenvalue weighted by Crippen LogP contribution is -2.55. The fraction of sp³-hybridized carbons (Fsp3) is 0.667. The fourth-order valence-corrected chi connectivity index (χ4v) is 4.73. The Kier molecular flexibility index (Phi) is 5.08. The third-order valence-corrected chi connectivity index (χ3v) is 6.27. The first-order valence-electron chi connectivity index (χ1n) is 9.60. The van der Waals surface area contributed by atoms with Crippen LogP contribution < -0.4 is 20.9 Å². The van der Waals surface area contributed by atoms with Gasteiger partial charge < -0.3 is 16.0 Å². The maximum absolute atomic E-state index is 12.6. The van der Waals surface area contributed by atoms with E-state index >= 15 is 0 Å². The van der Waals surface area contributed by atoms with E-state index in [-0.39, 0.29) is 35.3 Å². The highest BCUT2D eigenvalue weighted by Gasteiger charge is 2.41. The molecule has 2 saturated heterocycles. The molecular weight excluding hydrogens is 368 g/mol. The molecule has 27 heavy (non-hydrogen) atoms. The minimum Gasteiger partial charge on any atom is -0.353 e. The lowest BCUT2D eigenvalue weighted by atomic mass is 9.74. The van der Waals surface area contributed by atoms with Crippen LogP contribution in [0.15, 0.2) is 12.3 Å². The lowest BCUT2D eigenvalue weighted by Gasteiger charge is -2.42. The number of rotatable bonds is 4. The Morgan fingerprint density at radius 1 is 1.33 bits per heavy atom. The predicted molar refractivity (Wildman–Crippen MR) is 103 cm³/mol. The number of amides is 3. The van der Waals surface area contributed by atoms with Crippen LogP contribution in [0.2, 0.25) is 0 Å². The van der Waals surface area contributed by atoms with Crippen LogP contribution in [-0.4, -0.2) is 52.5 Å². The van der Waals surface area contributed by atoms with Gasteiger partial charge in [-0.15, -0.1) is 11.6 Å². The Labute approximate surface area is 163 Å². The summed E-state index contributed by atoms with van der Waals surface area (Å²) in [4.78, 5) is 34.7. The number of urea groups is 1. The normalized spacial score (nSPS) is 31.7. The van der Waals surface area contributed by atoms with E-state index in [1.807, 2.05) is 6.92 Å². The largest absolute Gasteiger partial charge is 0.353 e. The van der Waals surface area contributed by atoms with Gasteiger partial charge in [0, 0.05) is 36.7 Å². The zero-order valence-electron chi connectivity index (χ0n) is 15.3. The second-order valence-corrected chi connectivity index (χ2v) is 8.30. The van der Waals surface area contributed by atoms with Gasteiger partial charge in [0.2, 0.25) is 11.9 Å². The van der Waals surface area contributed by atoms with Gasteiger partial charge >= 0.3 is 6.03 Å². The molecule has 8 nitrogen and oxygen atoms in total. The zero-order chi connectivity index (χ0) is 19.0. The molecular formula is C18H25ClN6O2. The zero-order valence-corrected chi connectivity index (χ0v) is 16.1. The maximum Gasteiger partial charge on any atom is 0.323 e. The number of nitrogens with zero attached hydrogens (tertiary/aromatic N) is 3. The highest BCUT2D eigenvalue weighted by atomic mass is 35.5. The molecule has 0 bridgehead atoms. The molecule has 0 aromatic carbocycles. The average Bonchev–Trinajstić information content (AvgIpc) is 3.07. The highest BCUT2D eigenvalue weighted by molar-refractivity contribution is 6.20. The molecule has 0 spiro atoms. The van der Waals surface area contributed by atoms with Crippen LogP contribution >= 0.6 is 11.6 Å². The standard InChI is InChI=1S/C18H25ClN6O2/c1-10(13-9-11-8-12(19)2-3-14(11)23-16(13)26)22-17-20-5-4-15(24-17)25-7-6-21-18(25)27/h4-5,10-14H,2-3,6-9H2,1H3,(H,21,27)(H,23,26)(H,20,22,24)/t10-,11?,12?,13?,14?/m0/s1. The molecule has 9 heteroatoms. The molecule has 146 valence electrons. The molecule has 1 aliphatic carbocycles. The van der Waals surface area contributed by atoms with E-state index in [9.17, 15) is 9.59 Å². The molecule has 1 aromatic rings. The summed E-state index contributed by atoms with van der Waals surface area (Å²) in [7, 11) is 0. The number of carbonyl (C=O) groups excluding carboxylic acids is 2. The van der Waals surface area contributed by atoms with Crippen molar-refractivity contribution in [3.05, 3.63) is 12.3 Å². The number of aromatic nitrogens is 2. The van der Waals surface area contributed by atoms with Gasteiger partial charge in [-0.3, -0.25) is 9.69 Å². The molecule has 3 N–H and O–H groups in total. The van der Waals surface area contributed by atoms with Crippen LogP contribution in [0, 0.1) is 11.8 Å². The number of piperidine rings is 1. The van der Waals surface area contributed by atoms with E-state index in [1.165, 1.54) is 0 Å². The van der Waals surface area contributed by atoms with E-state index in [0.29, 0.717) is 30.8 Å². The fourth-order valence-electron chi connectivity index (χ4n) is 4.37. The first-order chi connectivity index (χ1) is 13.0. The second-order valence-electron chi connectivity index (χ2n) is 7.68. The van der Waals surface area contributed by atoms with E-state index in [2.05, 4.69) is 25.9 Å². The molecule has 3 amide bonds. The first-order valence-corrected chi connectivity index (χ1v) is 10.0. The third kappa shape index (κ3) is 3.81. The summed E-state index contributed by atoms with van der Waals surface area (Å²) in [6, 6.07) is 1.69. The Morgan fingerprint density at radius 2 is 2.19 bits per heavy atom. The van der Waals surface area contributed by atoms with E-state index < -0.39 is 0 Å². The summed E-state index contributed by atoms with van der Waals surface area (Å²) in [5.41, 5.74) is 0. The van der Waals surface area contributed by atoms with Crippen LogP contribution in [0.4, 0.5) is 16.6 Å². The van der Waals surface area contributed by atoms with Gasteiger partial charge in [-0.05, 0) is 44.6 Å². The van der Waals surface area contributed by atoms with Crippen molar-refractivity contribution in [2.45, 2.75) is 50.1 Å². The molecule has 1 aromatic heterocycles. The minimum atomic E-state index is -0.157. The second kappa shape index (κ2) is 7.50. The number of fused-ring (bicyclic) bond motifs is 1. The number of hydrogen-bond donors (Lipinski definition) is 3. The number of carbonyl (C=O) groups is 2. The van der Waals surface area contributed by atoms with E-state index in [4.69, 9.17) is 11.6 Å². The highest BCUT2D eigenvalue weighted by Crippen LogP contribution is 2.36. The SMILES string of the molecule is C[C@H](Nc1nccc(N2CCNC2=O)n1)C1CC2CC(Cl)CCC2NC1=O. The van der Waals surface area contributed by atoms with Crippen LogP contribution in [0.25, 0.3) is 0 Å². The first kappa shape index (κ1) is 18.3. The maximum atomic E-state index is 12.6. The van der Waals surface area contributed by atoms with Crippen molar-refractivity contribution in [2.24, 2.45) is 11.8 Å². The smallest absolute Gasteiger partial charge is 0.323 e. The Hall–Kier alpha value is -2.09.